The molecule has 8 nitrogen and oxygen atoms in total. The number of piperidine rings is 1. The Hall–Kier alpha value is -1.93. The van der Waals surface area contributed by atoms with Crippen LogP contribution in [-0.4, -0.2) is 72.3 Å². The van der Waals surface area contributed by atoms with Crippen LogP contribution in [0.25, 0.3) is 0 Å². The summed E-state index contributed by atoms with van der Waals surface area (Å²) in [5, 5.41) is 3.40. The molecule has 5 rings (SSSR count). The van der Waals surface area contributed by atoms with Crippen LogP contribution >= 0.6 is 0 Å². The molecule has 2 aliphatic carbocycles. The molecule has 1 aromatic heterocycles. The fourth-order valence-corrected chi connectivity index (χ4v) is 5.93. The summed E-state index contributed by atoms with van der Waals surface area (Å²) in [6.45, 7) is 7.17. The van der Waals surface area contributed by atoms with E-state index >= 15 is 0 Å². The summed E-state index contributed by atoms with van der Waals surface area (Å²) in [7, 11) is 0. The molecular formula is C23H36N6O2. The Kier molecular flexibility index (Phi) is 5.77. The maximum atomic E-state index is 13.7. The standard InChI is InChI=1S/C23H36N6O2/c1-16-14-25-22(27-20(16)24)29-8-6-17-13-19(28-9-11-31-12-10-28)5-7-23(17,15-29)21(30)26-18-3-2-4-18/h14,17-19H,2-13,15H2,1H3,(H,26,30)(H2,24,25,27)/t17-,19+,23-/m1/s1. The molecule has 0 unspecified atom stereocenters. The lowest BCUT2D eigenvalue weighted by Gasteiger charge is -2.53. The molecule has 2 aliphatic heterocycles. The molecule has 2 saturated carbocycles. The Morgan fingerprint density at radius 2 is 2.03 bits per heavy atom. The van der Waals surface area contributed by atoms with Crippen LogP contribution in [0, 0.1) is 18.3 Å². The van der Waals surface area contributed by atoms with Crippen molar-refractivity contribution in [3.8, 4) is 0 Å². The van der Waals surface area contributed by atoms with Gasteiger partial charge in [0.1, 0.15) is 5.82 Å². The predicted molar refractivity (Wildman–Crippen MR) is 120 cm³/mol. The third-order valence-electron chi connectivity index (χ3n) is 8.22. The fourth-order valence-electron chi connectivity index (χ4n) is 5.93. The van der Waals surface area contributed by atoms with Crippen molar-refractivity contribution < 1.29 is 9.53 Å². The van der Waals surface area contributed by atoms with Crippen LogP contribution in [-0.2, 0) is 9.53 Å². The highest BCUT2D eigenvalue weighted by atomic mass is 16.5. The quantitative estimate of drug-likeness (QED) is 0.754. The van der Waals surface area contributed by atoms with E-state index in [9.17, 15) is 4.79 Å². The molecule has 2 saturated heterocycles. The van der Waals surface area contributed by atoms with Crippen molar-refractivity contribution in [1.82, 2.24) is 20.2 Å². The Bertz CT molecular complexity index is 809. The van der Waals surface area contributed by atoms with Gasteiger partial charge in [0, 0.05) is 50.0 Å². The van der Waals surface area contributed by atoms with E-state index in [0.717, 1.165) is 76.9 Å². The number of aromatic nitrogens is 2. The van der Waals surface area contributed by atoms with E-state index in [4.69, 9.17) is 10.5 Å². The van der Waals surface area contributed by atoms with E-state index in [1.807, 2.05) is 6.92 Å². The summed E-state index contributed by atoms with van der Waals surface area (Å²) < 4.78 is 5.56. The molecule has 31 heavy (non-hydrogen) atoms. The van der Waals surface area contributed by atoms with E-state index < -0.39 is 0 Å². The number of rotatable bonds is 4. The summed E-state index contributed by atoms with van der Waals surface area (Å²) >= 11 is 0. The lowest BCUT2D eigenvalue weighted by Crippen LogP contribution is -2.62. The molecule has 1 amide bonds. The number of hydrogen-bond donors (Lipinski definition) is 2. The first kappa shape index (κ1) is 20.9. The van der Waals surface area contributed by atoms with Crippen LogP contribution in [0.1, 0.15) is 50.5 Å². The number of nitrogen functional groups attached to an aromatic ring is 1. The van der Waals surface area contributed by atoms with Crippen LogP contribution in [0.5, 0.6) is 0 Å². The second kappa shape index (κ2) is 8.54. The largest absolute Gasteiger partial charge is 0.383 e. The van der Waals surface area contributed by atoms with E-state index in [1.165, 1.54) is 6.42 Å². The molecule has 0 radical (unpaired) electrons. The lowest BCUT2D eigenvalue weighted by atomic mass is 9.60. The molecule has 4 fully saturated rings. The van der Waals surface area contributed by atoms with Gasteiger partial charge in [0.2, 0.25) is 11.9 Å². The minimum Gasteiger partial charge on any atom is -0.383 e. The number of nitrogens with two attached hydrogens (primary N) is 1. The van der Waals surface area contributed by atoms with Crippen LogP contribution < -0.4 is 16.0 Å². The molecule has 170 valence electrons. The van der Waals surface area contributed by atoms with Crippen molar-refractivity contribution in [2.24, 2.45) is 11.3 Å². The molecule has 0 bridgehead atoms. The first-order chi connectivity index (χ1) is 15.0. The van der Waals surface area contributed by atoms with E-state index in [-0.39, 0.29) is 11.3 Å². The van der Waals surface area contributed by atoms with Gasteiger partial charge in [-0.3, -0.25) is 9.69 Å². The summed E-state index contributed by atoms with van der Waals surface area (Å²) in [5.41, 5.74) is 6.60. The van der Waals surface area contributed by atoms with Gasteiger partial charge in [-0.05, 0) is 57.8 Å². The minimum absolute atomic E-state index is 0.257. The highest BCUT2D eigenvalue weighted by molar-refractivity contribution is 5.84. The van der Waals surface area contributed by atoms with Gasteiger partial charge in [-0.2, -0.15) is 4.98 Å². The maximum absolute atomic E-state index is 13.7. The summed E-state index contributed by atoms with van der Waals surface area (Å²) in [5.74, 6) is 1.84. The molecular weight excluding hydrogens is 392 g/mol. The average Bonchev–Trinajstić information content (AvgIpc) is 2.77. The number of hydrogen-bond acceptors (Lipinski definition) is 7. The molecule has 3 atom stereocenters. The van der Waals surface area contributed by atoms with Crippen molar-refractivity contribution in [2.75, 3.05) is 50.0 Å². The fraction of sp³-hybridized carbons (Fsp3) is 0.783. The van der Waals surface area contributed by atoms with E-state index in [2.05, 4.69) is 25.1 Å². The van der Waals surface area contributed by atoms with Crippen LogP contribution in [0.3, 0.4) is 0 Å². The van der Waals surface area contributed by atoms with Gasteiger partial charge in [0.25, 0.3) is 0 Å². The number of morpholine rings is 1. The topological polar surface area (TPSA) is 96.6 Å². The molecule has 3 heterocycles. The molecule has 0 aromatic carbocycles. The zero-order valence-electron chi connectivity index (χ0n) is 18.7. The first-order valence-electron chi connectivity index (χ1n) is 12.0. The third-order valence-corrected chi connectivity index (χ3v) is 8.22. The molecule has 1 aromatic rings. The van der Waals surface area contributed by atoms with E-state index in [1.54, 1.807) is 6.20 Å². The van der Waals surface area contributed by atoms with Crippen molar-refractivity contribution in [3.63, 3.8) is 0 Å². The van der Waals surface area contributed by atoms with Crippen molar-refractivity contribution in [3.05, 3.63) is 11.8 Å². The number of carbonyl (C=O) groups excluding carboxylic acids is 1. The normalized spacial score (nSPS) is 32.2. The SMILES string of the molecule is Cc1cnc(N2CC[C@@H]3C[C@@H](N4CCOCC4)CC[C@@]3(C(=O)NC3CCC3)C2)nc1N. The summed E-state index contributed by atoms with van der Waals surface area (Å²) in [6, 6.07) is 0.928. The highest BCUT2D eigenvalue weighted by Gasteiger charge is 2.53. The minimum atomic E-state index is -0.361. The Labute approximate surface area is 184 Å². The molecule has 4 aliphatic rings. The molecule has 3 N–H and O–H groups in total. The third kappa shape index (κ3) is 4.00. The van der Waals surface area contributed by atoms with Gasteiger partial charge in [0.15, 0.2) is 0 Å². The van der Waals surface area contributed by atoms with Crippen molar-refractivity contribution in [1.29, 1.82) is 0 Å². The average molecular weight is 429 g/mol. The number of nitrogens with one attached hydrogen (secondary N) is 1. The Morgan fingerprint density at radius 1 is 1.23 bits per heavy atom. The second-order valence-electron chi connectivity index (χ2n) is 9.98. The van der Waals surface area contributed by atoms with Gasteiger partial charge in [0.05, 0.1) is 18.6 Å². The first-order valence-corrected chi connectivity index (χ1v) is 12.0. The van der Waals surface area contributed by atoms with E-state index in [0.29, 0.717) is 36.3 Å². The summed E-state index contributed by atoms with van der Waals surface area (Å²) in [4.78, 5) is 27.6. The summed E-state index contributed by atoms with van der Waals surface area (Å²) in [6.07, 6.45) is 9.34. The molecule has 8 heteroatoms. The number of amides is 1. The van der Waals surface area contributed by atoms with Gasteiger partial charge >= 0.3 is 0 Å². The highest BCUT2D eigenvalue weighted by Crippen LogP contribution is 2.48. The number of fused-ring (bicyclic) bond motifs is 1. The van der Waals surface area contributed by atoms with Crippen molar-refractivity contribution in [2.45, 2.75) is 64.0 Å². The predicted octanol–water partition coefficient (Wildman–Crippen LogP) is 1.73. The maximum Gasteiger partial charge on any atom is 0.228 e. The van der Waals surface area contributed by atoms with Gasteiger partial charge in [-0.25, -0.2) is 4.98 Å². The zero-order chi connectivity index (χ0) is 21.4. The number of nitrogens with zero attached hydrogens (tertiary/aromatic N) is 4. The number of carbonyl (C=O) groups is 1. The Balaban J connectivity index is 1.37. The zero-order valence-corrected chi connectivity index (χ0v) is 18.7. The van der Waals surface area contributed by atoms with Crippen LogP contribution in [0.15, 0.2) is 6.20 Å². The van der Waals surface area contributed by atoms with Crippen molar-refractivity contribution >= 4 is 17.7 Å². The van der Waals surface area contributed by atoms with Gasteiger partial charge in [-0.1, -0.05) is 0 Å². The smallest absolute Gasteiger partial charge is 0.228 e. The molecule has 0 spiro atoms. The number of ether oxygens (including phenoxy) is 1. The van der Waals surface area contributed by atoms with Crippen LogP contribution in [0.4, 0.5) is 11.8 Å². The number of aryl methyl sites for hydroxylation is 1. The second-order valence-corrected chi connectivity index (χ2v) is 9.98. The van der Waals surface area contributed by atoms with Gasteiger partial charge < -0.3 is 20.7 Å². The number of anilines is 2. The van der Waals surface area contributed by atoms with Crippen LogP contribution in [0.2, 0.25) is 0 Å². The van der Waals surface area contributed by atoms with Gasteiger partial charge in [-0.15, -0.1) is 0 Å². The lowest BCUT2D eigenvalue weighted by molar-refractivity contribution is -0.140. The monoisotopic (exact) mass is 428 g/mol. The Morgan fingerprint density at radius 3 is 2.74 bits per heavy atom.